The Balaban J connectivity index is 2.58. The molecule has 0 aliphatic heterocycles. The molecule has 2 aromatic rings. The van der Waals surface area contributed by atoms with Gasteiger partial charge in [0.25, 0.3) is 0 Å². The van der Waals surface area contributed by atoms with Crippen molar-refractivity contribution in [3.63, 3.8) is 0 Å². The summed E-state index contributed by atoms with van der Waals surface area (Å²) in [5.41, 5.74) is 0. The Morgan fingerprint density at radius 2 is 1.42 bits per heavy atom. The van der Waals surface area contributed by atoms with E-state index in [1.54, 1.807) is 0 Å². The summed E-state index contributed by atoms with van der Waals surface area (Å²) in [6.45, 7) is 10.0. The standard InChI is InChI=1S/C22H28OSi/c1-4-6-13-19-22(23,18-5-2)24(3,20-14-9-7-10-15-20)21-16-11-8-12-17-21/h4-5,7-12,14-17,23H,1-2,6,13,18-19H2,3H3. The van der Waals surface area contributed by atoms with E-state index < -0.39 is 13.3 Å². The summed E-state index contributed by atoms with van der Waals surface area (Å²) in [5.74, 6) is 0. The van der Waals surface area contributed by atoms with Crippen LogP contribution in [0.5, 0.6) is 0 Å². The molecule has 0 aromatic heterocycles. The third-order valence-corrected chi connectivity index (χ3v) is 10.4. The van der Waals surface area contributed by atoms with Gasteiger partial charge in [-0.3, -0.25) is 0 Å². The summed E-state index contributed by atoms with van der Waals surface area (Å²) in [5, 5.41) is 13.6. The molecule has 0 aliphatic carbocycles. The lowest BCUT2D eigenvalue weighted by molar-refractivity contribution is 0.109. The zero-order chi connectivity index (χ0) is 17.5. The third-order valence-electron chi connectivity index (χ3n) is 5.11. The number of hydrogen-bond acceptors (Lipinski definition) is 1. The van der Waals surface area contributed by atoms with Crippen LogP contribution in [0.15, 0.2) is 86.0 Å². The topological polar surface area (TPSA) is 20.2 Å². The molecular formula is C22H28OSi. The number of allylic oxidation sites excluding steroid dienone is 1. The van der Waals surface area contributed by atoms with E-state index in [0.29, 0.717) is 6.42 Å². The van der Waals surface area contributed by atoms with Gasteiger partial charge in [-0.1, -0.05) is 89.7 Å². The molecule has 2 aromatic carbocycles. The van der Waals surface area contributed by atoms with Gasteiger partial charge in [-0.2, -0.15) is 0 Å². The fraction of sp³-hybridized carbons (Fsp3) is 0.273. The zero-order valence-electron chi connectivity index (χ0n) is 14.6. The molecule has 0 fully saturated rings. The van der Waals surface area contributed by atoms with Crippen LogP contribution in [0, 0.1) is 0 Å². The quantitative estimate of drug-likeness (QED) is 0.415. The Morgan fingerprint density at radius 3 is 1.83 bits per heavy atom. The summed E-state index contributed by atoms with van der Waals surface area (Å²) in [6.07, 6.45) is 7.03. The lowest BCUT2D eigenvalue weighted by atomic mass is 10.1. The minimum Gasteiger partial charge on any atom is -0.392 e. The van der Waals surface area contributed by atoms with Crippen molar-refractivity contribution < 1.29 is 5.11 Å². The van der Waals surface area contributed by atoms with Crippen molar-refractivity contribution in [2.75, 3.05) is 0 Å². The van der Waals surface area contributed by atoms with Gasteiger partial charge in [-0.25, -0.2) is 0 Å². The highest BCUT2D eigenvalue weighted by atomic mass is 28.3. The predicted octanol–water partition coefficient (Wildman–Crippen LogP) is 4.08. The first-order valence-electron chi connectivity index (χ1n) is 8.64. The molecule has 1 N–H and O–H groups in total. The first kappa shape index (κ1) is 18.4. The lowest BCUT2D eigenvalue weighted by Gasteiger charge is -2.44. The number of benzene rings is 2. The zero-order valence-corrected chi connectivity index (χ0v) is 15.6. The van der Waals surface area contributed by atoms with Crippen LogP contribution < -0.4 is 10.4 Å². The van der Waals surface area contributed by atoms with Crippen molar-refractivity contribution in [3.8, 4) is 0 Å². The third kappa shape index (κ3) is 3.60. The predicted molar refractivity (Wildman–Crippen MR) is 108 cm³/mol. The van der Waals surface area contributed by atoms with Gasteiger partial charge in [-0.05, 0) is 25.7 Å². The Kier molecular flexibility index (Phi) is 6.35. The van der Waals surface area contributed by atoms with Crippen LogP contribution in [-0.2, 0) is 0 Å². The summed E-state index contributed by atoms with van der Waals surface area (Å²) >= 11 is 0. The van der Waals surface area contributed by atoms with Gasteiger partial charge in [0.2, 0.25) is 0 Å². The molecule has 0 amide bonds. The van der Waals surface area contributed by atoms with E-state index >= 15 is 0 Å². The van der Waals surface area contributed by atoms with Crippen LogP contribution in [0.4, 0.5) is 0 Å². The van der Waals surface area contributed by atoms with Crippen molar-refractivity contribution >= 4 is 18.4 Å². The van der Waals surface area contributed by atoms with Gasteiger partial charge >= 0.3 is 0 Å². The average Bonchev–Trinajstić information content (AvgIpc) is 2.63. The highest BCUT2D eigenvalue weighted by Gasteiger charge is 2.50. The molecule has 0 saturated carbocycles. The van der Waals surface area contributed by atoms with Crippen LogP contribution in [0.25, 0.3) is 0 Å². The maximum Gasteiger partial charge on any atom is 0.149 e. The molecule has 0 radical (unpaired) electrons. The van der Waals surface area contributed by atoms with Crippen LogP contribution in [0.3, 0.4) is 0 Å². The molecule has 126 valence electrons. The molecule has 1 unspecified atom stereocenters. The van der Waals surface area contributed by atoms with Crippen molar-refractivity contribution in [2.24, 2.45) is 0 Å². The van der Waals surface area contributed by atoms with Gasteiger partial charge in [-0.15, -0.1) is 13.2 Å². The molecule has 2 heteroatoms. The summed E-state index contributed by atoms with van der Waals surface area (Å²) < 4.78 is 0. The smallest absolute Gasteiger partial charge is 0.149 e. The van der Waals surface area contributed by atoms with Crippen molar-refractivity contribution in [2.45, 2.75) is 37.5 Å². The van der Waals surface area contributed by atoms with Crippen LogP contribution >= 0.6 is 0 Å². The second-order valence-electron chi connectivity index (χ2n) is 6.56. The van der Waals surface area contributed by atoms with E-state index in [-0.39, 0.29) is 0 Å². The van der Waals surface area contributed by atoms with E-state index in [1.165, 1.54) is 10.4 Å². The number of rotatable bonds is 9. The van der Waals surface area contributed by atoms with Gasteiger partial charge in [0.05, 0.1) is 5.22 Å². The molecule has 1 nitrogen and oxygen atoms in total. The van der Waals surface area contributed by atoms with Crippen molar-refractivity contribution in [1.29, 1.82) is 0 Å². The van der Waals surface area contributed by atoms with E-state index in [1.807, 2.05) is 24.3 Å². The largest absolute Gasteiger partial charge is 0.392 e. The van der Waals surface area contributed by atoms with Crippen molar-refractivity contribution in [3.05, 3.63) is 86.0 Å². The van der Waals surface area contributed by atoms with Crippen LogP contribution in [0.2, 0.25) is 6.55 Å². The SMILES string of the molecule is C=CCCCC(O)(CC=C)[Si](C)(c1ccccc1)c1ccccc1. The monoisotopic (exact) mass is 336 g/mol. The molecule has 0 heterocycles. The molecule has 0 saturated heterocycles. The Bertz CT molecular complexity index is 611. The highest BCUT2D eigenvalue weighted by molar-refractivity contribution is 7.03. The Morgan fingerprint density at radius 1 is 0.917 bits per heavy atom. The second kappa shape index (κ2) is 8.27. The molecule has 1 atom stereocenters. The molecule has 2 rings (SSSR count). The van der Waals surface area contributed by atoms with Crippen LogP contribution in [-0.4, -0.2) is 18.4 Å². The fourth-order valence-electron chi connectivity index (χ4n) is 3.58. The number of aliphatic hydroxyl groups is 1. The van der Waals surface area contributed by atoms with Gasteiger partial charge in [0.1, 0.15) is 8.07 Å². The maximum atomic E-state index is 11.8. The van der Waals surface area contributed by atoms with Gasteiger partial charge in [0, 0.05) is 0 Å². The second-order valence-corrected chi connectivity index (χ2v) is 10.9. The first-order chi connectivity index (χ1) is 11.6. The molecule has 24 heavy (non-hydrogen) atoms. The first-order valence-corrected chi connectivity index (χ1v) is 11.1. The van der Waals surface area contributed by atoms with Crippen LogP contribution in [0.1, 0.15) is 25.7 Å². The normalized spacial score (nSPS) is 13.9. The average molecular weight is 337 g/mol. The molecule has 0 aliphatic rings. The van der Waals surface area contributed by atoms with Crippen molar-refractivity contribution in [1.82, 2.24) is 0 Å². The van der Waals surface area contributed by atoms with Gasteiger partial charge < -0.3 is 5.11 Å². The summed E-state index contributed by atoms with van der Waals surface area (Å²) in [6, 6.07) is 21.0. The van der Waals surface area contributed by atoms with E-state index in [4.69, 9.17) is 0 Å². The highest BCUT2D eigenvalue weighted by Crippen LogP contribution is 2.30. The van der Waals surface area contributed by atoms with E-state index in [9.17, 15) is 5.11 Å². The van der Waals surface area contributed by atoms with Gasteiger partial charge in [0.15, 0.2) is 0 Å². The molecular weight excluding hydrogens is 308 g/mol. The lowest BCUT2D eigenvalue weighted by Crippen LogP contribution is -2.71. The Labute approximate surface area is 147 Å². The fourth-order valence-corrected chi connectivity index (χ4v) is 7.94. The maximum absolute atomic E-state index is 11.8. The molecule has 0 spiro atoms. The minimum atomic E-state index is -2.38. The summed E-state index contributed by atoms with van der Waals surface area (Å²) in [4.78, 5) is 0. The van der Waals surface area contributed by atoms with E-state index in [2.05, 4.69) is 68.2 Å². The van der Waals surface area contributed by atoms with E-state index in [0.717, 1.165) is 19.3 Å². The summed E-state index contributed by atoms with van der Waals surface area (Å²) in [7, 11) is -2.38. The molecule has 0 bridgehead atoms. The number of hydrogen-bond donors (Lipinski definition) is 1. The minimum absolute atomic E-state index is 0.608. The number of unbranched alkanes of at least 4 members (excludes halogenated alkanes) is 1. The Hall–Kier alpha value is -1.90.